The second kappa shape index (κ2) is 10.5. The van der Waals surface area contributed by atoms with Crippen LogP contribution in [0.3, 0.4) is 0 Å². The van der Waals surface area contributed by atoms with Crippen molar-refractivity contribution in [3.8, 4) is 0 Å². The number of nitrogens with one attached hydrogen (secondary N) is 2. The number of rotatable bonds is 7. The van der Waals surface area contributed by atoms with Crippen molar-refractivity contribution >= 4 is 47.9 Å². The first-order valence-electron chi connectivity index (χ1n) is 9.50. The molecule has 6 heteroatoms. The fraction of sp³-hybridized carbons (Fsp3) is 0.476. The van der Waals surface area contributed by atoms with E-state index in [1.54, 1.807) is 0 Å². The average molecular weight is 429 g/mol. The minimum Gasteiger partial charge on any atom is -0.340 e. The van der Waals surface area contributed by atoms with Gasteiger partial charge in [-0.25, -0.2) is 4.98 Å². The van der Waals surface area contributed by atoms with Gasteiger partial charge in [0.15, 0.2) is 0 Å². The first-order chi connectivity index (χ1) is 12.3. The highest BCUT2D eigenvalue weighted by atomic mass is 35.5. The average Bonchev–Trinajstić information content (AvgIpc) is 3.32. The topological polar surface area (TPSA) is 37.0 Å². The molecule has 1 aromatic carbocycles. The Bertz CT molecular complexity index is 728. The van der Waals surface area contributed by atoms with Crippen molar-refractivity contribution in [1.82, 2.24) is 10.3 Å². The number of benzene rings is 1. The molecule has 27 heavy (non-hydrogen) atoms. The fourth-order valence-electron chi connectivity index (χ4n) is 3.83. The van der Waals surface area contributed by atoms with Crippen molar-refractivity contribution in [3.63, 3.8) is 0 Å². The van der Waals surface area contributed by atoms with Crippen LogP contribution in [0.2, 0.25) is 5.02 Å². The molecule has 2 aliphatic carbocycles. The van der Waals surface area contributed by atoms with E-state index in [1.165, 1.54) is 49.7 Å². The molecule has 2 aromatic rings. The molecule has 0 saturated heterocycles. The predicted octanol–water partition coefficient (Wildman–Crippen LogP) is 6.48. The largest absolute Gasteiger partial charge is 0.340 e. The van der Waals surface area contributed by atoms with E-state index >= 15 is 0 Å². The zero-order chi connectivity index (χ0) is 17.1. The highest BCUT2D eigenvalue weighted by molar-refractivity contribution is 6.30. The van der Waals surface area contributed by atoms with Crippen molar-refractivity contribution < 1.29 is 0 Å². The zero-order valence-electron chi connectivity index (χ0n) is 15.4. The zero-order valence-corrected chi connectivity index (χ0v) is 17.8. The molecule has 3 nitrogen and oxygen atoms in total. The highest BCUT2D eigenvalue weighted by Gasteiger charge is 2.26. The van der Waals surface area contributed by atoms with E-state index in [-0.39, 0.29) is 24.8 Å². The van der Waals surface area contributed by atoms with Crippen LogP contribution in [0.25, 0.3) is 0 Å². The van der Waals surface area contributed by atoms with Gasteiger partial charge in [-0.3, -0.25) is 0 Å². The van der Waals surface area contributed by atoms with E-state index in [1.807, 2.05) is 30.5 Å². The SMILES string of the molecule is Cl.Cl.Clc1cccc(Nc2cc(C3CC3)c(CNCC3CCCC3)cn2)c1. The van der Waals surface area contributed by atoms with Crippen LogP contribution >= 0.6 is 36.4 Å². The van der Waals surface area contributed by atoms with Crippen LogP contribution in [0.4, 0.5) is 11.5 Å². The van der Waals surface area contributed by atoms with E-state index in [0.29, 0.717) is 5.92 Å². The molecule has 2 N–H and O–H groups in total. The molecule has 0 aliphatic heterocycles. The van der Waals surface area contributed by atoms with Gasteiger partial charge in [0.1, 0.15) is 5.82 Å². The Kier molecular flexibility index (Phi) is 8.68. The Morgan fingerprint density at radius 3 is 2.52 bits per heavy atom. The lowest BCUT2D eigenvalue weighted by Crippen LogP contribution is -2.21. The van der Waals surface area contributed by atoms with Crippen molar-refractivity contribution in [1.29, 1.82) is 0 Å². The van der Waals surface area contributed by atoms with E-state index in [4.69, 9.17) is 11.6 Å². The number of halogens is 3. The molecule has 2 saturated carbocycles. The molecule has 1 heterocycles. The van der Waals surface area contributed by atoms with Gasteiger partial charge in [-0.05, 0) is 79.5 Å². The molecule has 0 atom stereocenters. The van der Waals surface area contributed by atoms with E-state index in [0.717, 1.165) is 35.5 Å². The smallest absolute Gasteiger partial charge is 0.130 e. The van der Waals surface area contributed by atoms with Crippen molar-refractivity contribution in [3.05, 3.63) is 52.7 Å². The van der Waals surface area contributed by atoms with Gasteiger partial charge in [-0.2, -0.15) is 0 Å². The van der Waals surface area contributed by atoms with Gasteiger partial charge in [-0.1, -0.05) is 30.5 Å². The van der Waals surface area contributed by atoms with E-state index in [9.17, 15) is 0 Å². The first-order valence-corrected chi connectivity index (χ1v) is 9.88. The molecular formula is C21H28Cl3N3. The lowest BCUT2D eigenvalue weighted by molar-refractivity contribution is 0.488. The Labute approximate surface area is 179 Å². The van der Waals surface area contributed by atoms with Crippen LogP contribution in [-0.4, -0.2) is 11.5 Å². The maximum absolute atomic E-state index is 6.07. The molecule has 4 rings (SSSR count). The fourth-order valence-corrected chi connectivity index (χ4v) is 4.02. The molecule has 2 fully saturated rings. The third-order valence-electron chi connectivity index (χ3n) is 5.36. The van der Waals surface area contributed by atoms with E-state index in [2.05, 4.69) is 21.7 Å². The van der Waals surface area contributed by atoms with E-state index < -0.39 is 0 Å². The summed E-state index contributed by atoms with van der Waals surface area (Å²) in [7, 11) is 0. The van der Waals surface area contributed by atoms with Gasteiger partial charge >= 0.3 is 0 Å². The Hall–Kier alpha value is -1.00. The molecular weight excluding hydrogens is 401 g/mol. The third-order valence-corrected chi connectivity index (χ3v) is 5.59. The summed E-state index contributed by atoms with van der Waals surface area (Å²) in [6.45, 7) is 2.08. The normalized spacial score (nSPS) is 16.5. The summed E-state index contributed by atoms with van der Waals surface area (Å²) < 4.78 is 0. The van der Waals surface area contributed by atoms with Crippen LogP contribution in [0.15, 0.2) is 36.5 Å². The van der Waals surface area contributed by atoms with Gasteiger partial charge in [0.25, 0.3) is 0 Å². The number of hydrogen-bond donors (Lipinski definition) is 2. The van der Waals surface area contributed by atoms with Crippen molar-refractivity contribution in [2.75, 3.05) is 11.9 Å². The highest BCUT2D eigenvalue weighted by Crippen LogP contribution is 2.42. The third kappa shape index (κ3) is 6.25. The minimum absolute atomic E-state index is 0. The summed E-state index contributed by atoms with van der Waals surface area (Å²) >= 11 is 6.07. The second-order valence-electron chi connectivity index (χ2n) is 7.46. The lowest BCUT2D eigenvalue weighted by Gasteiger charge is -2.14. The molecule has 2 aliphatic rings. The van der Waals surface area contributed by atoms with Gasteiger partial charge in [0, 0.05) is 23.5 Å². The Morgan fingerprint density at radius 1 is 1.04 bits per heavy atom. The van der Waals surface area contributed by atoms with Gasteiger partial charge < -0.3 is 10.6 Å². The molecule has 0 bridgehead atoms. The molecule has 1 aromatic heterocycles. The standard InChI is InChI=1S/C21H26ClN3.2ClH/c22-18-6-3-7-19(10-18)25-21-11-20(16-8-9-16)17(14-24-21)13-23-12-15-4-1-2-5-15;;/h3,6-7,10-11,14-16,23H,1-2,4-5,8-9,12-13H2,(H,24,25);2*1H. The van der Waals surface area contributed by atoms with Gasteiger partial charge in [-0.15, -0.1) is 24.8 Å². The Morgan fingerprint density at radius 2 is 1.81 bits per heavy atom. The molecule has 0 unspecified atom stereocenters. The van der Waals surface area contributed by atoms with Crippen molar-refractivity contribution in [2.24, 2.45) is 5.92 Å². The molecule has 148 valence electrons. The summed E-state index contributed by atoms with van der Waals surface area (Å²) in [5.74, 6) is 2.50. The summed E-state index contributed by atoms with van der Waals surface area (Å²) in [5, 5.41) is 7.78. The molecule has 0 amide bonds. The number of anilines is 2. The van der Waals surface area contributed by atoms with Crippen LogP contribution in [0.5, 0.6) is 0 Å². The van der Waals surface area contributed by atoms with Crippen LogP contribution in [-0.2, 0) is 6.54 Å². The number of pyridine rings is 1. The number of hydrogen-bond acceptors (Lipinski definition) is 3. The van der Waals surface area contributed by atoms with Crippen LogP contribution in [0.1, 0.15) is 55.6 Å². The molecule has 0 spiro atoms. The summed E-state index contributed by atoms with van der Waals surface area (Å²) in [6.07, 6.45) is 10.2. The molecule has 0 radical (unpaired) electrons. The lowest BCUT2D eigenvalue weighted by atomic mass is 10.0. The van der Waals surface area contributed by atoms with Crippen LogP contribution in [0, 0.1) is 5.92 Å². The minimum atomic E-state index is 0. The van der Waals surface area contributed by atoms with Crippen LogP contribution < -0.4 is 10.6 Å². The van der Waals surface area contributed by atoms with Gasteiger partial charge in [0.2, 0.25) is 0 Å². The monoisotopic (exact) mass is 427 g/mol. The maximum Gasteiger partial charge on any atom is 0.130 e. The predicted molar refractivity (Wildman–Crippen MR) is 119 cm³/mol. The summed E-state index contributed by atoms with van der Waals surface area (Å²) in [6, 6.07) is 10.0. The number of aromatic nitrogens is 1. The summed E-state index contributed by atoms with van der Waals surface area (Å²) in [5.41, 5.74) is 3.80. The van der Waals surface area contributed by atoms with Gasteiger partial charge in [0.05, 0.1) is 0 Å². The Balaban J connectivity index is 0.00000131. The quantitative estimate of drug-likeness (QED) is 0.530. The summed E-state index contributed by atoms with van der Waals surface area (Å²) in [4.78, 5) is 4.63. The maximum atomic E-state index is 6.07. The number of nitrogens with zero attached hydrogens (tertiary/aromatic N) is 1. The van der Waals surface area contributed by atoms with Crippen molar-refractivity contribution in [2.45, 2.75) is 51.0 Å². The second-order valence-corrected chi connectivity index (χ2v) is 7.90. The first kappa shape index (κ1) is 22.3.